The number of hydrogen-bond donors (Lipinski definition) is 1. The van der Waals surface area contributed by atoms with Crippen LogP contribution >= 0.6 is 11.8 Å². The molecule has 0 amide bonds. The molecule has 0 atom stereocenters. The Bertz CT molecular complexity index is 202. The second kappa shape index (κ2) is 6.27. The minimum absolute atomic E-state index is 0.493. The molecule has 1 aliphatic heterocycles. The third-order valence-corrected chi connectivity index (χ3v) is 4.87. The van der Waals surface area contributed by atoms with Crippen molar-refractivity contribution in [2.75, 3.05) is 37.7 Å². The highest BCUT2D eigenvalue weighted by Gasteiger charge is 2.35. The molecular formula is C13H26N2S. The molecule has 0 aromatic carbocycles. The Morgan fingerprint density at radius 2 is 2.06 bits per heavy atom. The van der Waals surface area contributed by atoms with E-state index in [0.717, 1.165) is 0 Å². The summed E-state index contributed by atoms with van der Waals surface area (Å²) < 4.78 is 0. The summed E-state index contributed by atoms with van der Waals surface area (Å²) in [7, 11) is 0. The number of rotatable bonds is 4. The average molecular weight is 242 g/mol. The number of nitrogens with zero attached hydrogens (tertiary/aromatic N) is 1. The first-order valence-electron chi connectivity index (χ1n) is 6.90. The molecule has 0 aromatic rings. The SMILES string of the molecule is CCSCCN1CCCNC2(CCCC2)C1. The van der Waals surface area contributed by atoms with Gasteiger partial charge in [0.2, 0.25) is 0 Å². The normalized spacial score (nSPS) is 26.1. The van der Waals surface area contributed by atoms with Crippen LogP contribution in [-0.2, 0) is 0 Å². The first-order valence-corrected chi connectivity index (χ1v) is 8.05. The van der Waals surface area contributed by atoms with E-state index >= 15 is 0 Å². The minimum atomic E-state index is 0.493. The lowest BCUT2D eigenvalue weighted by molar-refractivity contribution is 0.220. The Kier molecular flexibility index (Phi) is 4.98. The quantitative estimate of drug-likeness (QED) is 0.762. The van der Waals surface area contributed by atoms with Crippen molar-refractivity contribution < 1.29 is 0 Å². The van der Waals surface area contributed by atoms with Gasteiger partial charge in [-0.05, 0) is 38.1 Å². The van der Waals surface area contributed by atoms with E-state index in [4.69, 9.17) is 0 Å². The van der Waals surface area contributed by atoms with Crippen LogP contribution in [0.3, 0.4) is 0 Å². The van der Waals surface area contributed by atoms with Crippen LogP contribution in [0.25, 0.3) is 0 Å². The highest BCUT2D eigenvalue weighted by atomic mass is 32.2. The zero-order chi connectivity index (χ0) is 11.3. The van der Waals surface area contributed by atoms with Crippen LogP contribution in [0.15, 0.2) is 0 Å². The van der Waals surface area contributed by atoms with Gasteiger partial charge in [0.25, 0.3) is 0 Å². The van der Waals surface area contributed by atoms with E-state index in [9.17, 15) is 0 Å². The molecule has 16 heavy (non-hydrogen) atoms. The summed E-state index contributed by atoms with van der Waals surface area (Å²) in [5.74, 6) is 2.57. The molecule has 1 saturated carbocycles. The van der Waals surface area contributed by atoms with Crippen molar-refractivity contribution in [2.24, 2.45) is 0 Å². The lowest BCUT2D eigenvalue weighted by Crippen LogP contribution is -2.49. The summed E-state index contributed by atoms with van der Waals surface area (Å²) >= 11 is 2.08. The van der Waals surface area contributed by atoms with Crippen molar-refractivity contribution in [3.05, 3.63) is 0 Å². The third-order valence-electron chi connectivity index (χ3n) is 3.99. The summed E-state index contributed by atoms with van der Waals surface area (Å²) in [4.78, 5) is 2.70. The van der Waals surface area contributed by atoms with Gasteiger partial charge in [0.15, 0.2) is 0 Å². The first-order chi connectivity index (χ1) is 7.85. The van der Waals surface area contributed by atoms with Crippen LogP contribution in [0, 0.1) is 0 Å². The predicted octanol–water partition coefficient (Wildman–Crippen LogP) is 2.35. The second-order valence-electron chi connectivity index (χ2n) is 5.24. The Balaban J connectivity index is 1.83. The molecule has 1 heterocycles. The molecule has 1 saturated heterocycles. The molecule has 2 nitrogen and oxygen atoms in total. The summed E-state index contributed by atoms with van der Waals surface area (Å²) in [6.07, 6.45) is 7.02. The number of hydrogen-bond acceptors (Lipinski definition) is 3. The van der Waals surface area contributed by atoms with Gasteiger partial charge in [-0.3, -0.25) is 0 Å². The first kappa shape index (κ1) is 12.7. The van der Waals surface area contributed by atoms with Crippen LogP contribution in [0.2, 0.25) is 0 Å². The van der Waals surface area contributed by atoms with Gasteiger partial charge in [0.05, 0.1) is 0 Å². The van der Waals surface area contributed by atoms with Gasteiger partial charge >= 0.3 is 0 Å². The van der Waals surface area contributed by atoms with E-state index in [2.05, 4.69) is 28.9 Å². The molecule has 2 aliphatic rings. The van der Waals surface area contributed by atoms with Gasteiger partial charge < -0.3 is 10.2 Å². The molecule has 0 bridgehead atoms. The largest absolute Gasteiger partial charge is 0.310 e. The van der Waals surface area contributed by atoms with Crippen LogP contribution in [0.4, 0.5) is 0 Å². The Morgan fingerprint density at radius 1 is 1.25 bits per heavy atom. The number of nitrogens with one attached hydrogen (secondary N) is 1. The van der Waals surface area contributed by atoms with Crippen molar-refractivity contribution in [1.82, 2.24) is 10.2 Å². The molecule has 3 heteroatoms. The molecule has 0 aromatic heterocycles. The molecule has 1 aliphatic carbocycles. The van der Waals surface area contributed by atoms with Gasteiger partial charge in [0, 0.05) is 24.4 Å². The minimum Gasteiger partial charge on any atom is -0.310 e. The van der Waals surface area contributed by atoms with Crippen LogP contribution in [0.5, 0.6) is 0 Å². The molecule has 1 spiro atoms. The Morgan fingerprint density at radius 3 is 2.81 bits per heavy atom. The zero-order valence-electron chi connectivity index (χ0n) is 10.6. The van der Waals surface area contributed by atoms with Gasteiger partial charge in [-0.15, -0.1) is 0 Å². The van der Waals surface area contributed by atoms with E-state index in [1.54, 1.807) is 0 Å². The maximum absolute atomic E-state index is 3.83. The smallest absolute Gasteiger partial charge is 0.0308 e. The van der Waals surface area contributed by atoms with Crippen molar-refractivity contribution in [2.45, 2.75) is 44.6 Å². The van der Waals surface area contributed by atoms with Crippen molar-refractivity contribution in [3.8, 4) is 0 Å². The molecule has 0 unspecified atom stereocenters. The maximum atomic E-state index is 3.83. The van der Waals surface area contributed by atoms with E-state index in [-0.39, 0.29) is 0 Å². The lowest BCUT2D eigenvalue weighted by Gasteiger charge is -2.33. The Labute approximate surface area is 105 Å². The number of thioether (sulfide) groups is 1. The fourth-order valence-electron chi connectivity index (χ4n) is 3.13. The van der Waals surface area contributed by atoms with Gasteiger partial charge in [-0.25, -0.2) is 0 Å². The summed E-state index contributed by atoms with van der Waals surface area (Å²) in [5, 5.41) is 3.83. The fourth-order valence-corrected chi connectivity index (χ4v) is 3.81. The molecule has 2 fully saturated rings. The van der Waals surface area contributed by atoms with Crippen LogP contribution in [0.1, 0.15) is 39.0 Å². The van der Waals surface area contributed by atoms with Crippen LogP contribution in [-0.4, -0.2) is 48.1 Å². The predicted molar refractivity (Wildman–Crippen MR) is 73.3 cm³/mol. The summed E-state index contributed by atoms with van der Waals surface area (Å²) in [6.45, 7) is 7.39. The Hall–Kier alpha value is 0.270. The van der Waals surface area contributed by atoms with E-state index in [1.807, 2.05) is 0 Å². The average Bonchev–Trinajstić information content (AvgIpc) is 2.63. The zero-order valence-corrected chi connectivity index (χ0v) is 11.5. The van der Waals surface area contributed by atoms with Crippen molar-refractivity contribution in [3.63, 3.8) is 0 Å². The molecule has 0 radical (unpaired) electrons. The highest BCUT2D eigenvalue weighted by molar-refractivity contribution is 7.99. The van der Waals surface area contributed by atoms with E-state index in [0.29, 0.717) is 5.54 Å². The van der Waals surface area contributed by atoms with Crippen LogP contribution < -0.4 is 5.32 Å². The molecular weight excluding hydrogens is 216 g/mol. The topological polar surface area (TPSA) is 15.3 Å². The monoisotopic (exact) mass is 242 g/mol. The molecule has 2 rings (SSSR count). The summed E-state index contributed by atoms with van der Waals surface area (Å²) in [5.41, 5.74) is 0.493. The van der Waals surface area contributed by atoms with Crippen molar-refractivity contribution >= 4 is 11.8 Å². The van der Waals surface area contributed by atoms with Gasteiger partial charge in [-0.1, -0.05) is 19.8 Å². The third kappa shape index (κ3) is 3.38. The second-order valence-corrected chi connectivity index (χ2v) is 6.63. The standard InChI is InChI=1S/C13H26N2S/c1-2-16-11-10-15-9-5-8-14-13(12-15)6-3-4-7-13/h14H,2-12H2,1H3. The van der Waals surface area contributed by atoms with Gasteiger partial charge in [0.1, 0.15) is 0 Å². The van der Waals surface area contributed by atoms with Crippen molar-refractivity contribution in [1.29, 1.82) is 0 Å². The molecule has 1 N–H and O–H groups in total. The molecule has 94 valence electrons. The highest BCUT2D eigenvalue weighted by Crippen LogP contribution is 2.31. The maximum Gasteiger partial charge on any atom is 0.0308 e. The van der Waals surface area contributed by atoms with E-state index in [1.165, 1.54) is 69.8 Å². The van der Waals surface area contributed by atoms with E-state index < -0.39 is 0 Å². The summed E-state index contributed by atoms with van der Waals surface area (Å²) in [6, 6.07) is 0. The fraction of sp³-hybridized carbons (Fsp3) is 1.00. The lowest BCUT2D eigenvalue weighted by atomic mass is 9.97. The van der Waals surface area contributed by atoms with Gasteiger partial charge in [-0.2, -0.15) is 11.8 Å².